The summed E-state index contributed by atoms with van der Waals surface area (Å²) in [6.45, 7) is 1.93. The molecule has 19 heavy (non-hydrogen) atoms. The fourth-order valence-corrected chi connectivity index (χ4v) is 1.79. The average molecular weight is 262 g/mol. The van der Waals surface area contributed by atoms with Crippen LogP contribution in [-0.4, -0.2) is 40.9 Å². The standard InChI is InChI=1S/C13H14N2O4/c1-8(16)9-2-4-11(5-3-9)14-13(19)15-6-10(7-15)12(17)18/h2-5,10H,6-7H2,1H3,(H,14,19)(H,17,18). The zero-order valence-electron chi connectivity index (χ0n) is 10.4. The van der Waals surface area contributed by atoms with Crippen LogP contribution in [0.25, 0.3) is 0 Å². The third-order valence-corrected chi connectivity index (χ3v) is 3.06. The molecule has 0 aliphatic carbocycles. The third kappa shape index (κ3) is 2.90. The lowest BCUT2D eigenvalue weighted by molar-refractivity contribution is -0.145. The number of carbonyl (C=O) groups is 3. The first kappa shape index (κ1) is 13.1. The van der Waals surface area contributed by atoms with Gasteiger partial charge >= 0.3 is 12.0 Å². The van der Waals surface area contributed by atoms with Crippen molar-refractivity contribution >= 4 is 23.5 Å². The number of carboxylic acid groups (broad SMARTS) is 1. The lowest BCUT2D eigenvalue weighted by atomic mass is 10.0. The predicted octanol–water partition coefficient (Wildman–Crippen LogP) is 1.44. The Morgan fingerprint density at radius 1 is 1.21 bits per heavy atom. The van der Waals surface area contributed by atoms with Gasteiger partial charge in [-0.2, -0.15) is 0 Å². The van der Waals surface area contributed by atoms with Gasteiger partial charge in [-0.15, -0.1) is 0 Å². The number of benzene rings is 1. The first-order chi connectivity index (χ1) is 8.97. The lowest BCUT2D eigenvalue weighted by Crippen LogP contribution is -2.54. The van der Waals surface area contributed by atoms with E-state index in [0.717, 1.165) is 0 Å². The number of nitrogens with zero attached hydrogens (tertiary/aromatic N) is 1. The number of urea groups is 1. The van der Waals surface area contributed by atoms with Gasteiger partial charge < -0.3 is 15.3 Å². The molecule has 6 heteroatoms. The van der Waals surface area contributed by atoms with Crippen LogP contribution in [0.4, 0.5) is 10.5 Å². The molecule has 1 heterocycles. The van der Waals surface area contributed by atoms with Crippen LogP contribution >= 0.6 is 0 Å². The second-order valence-corrected chi connectivity index (χ2v) is 4.50. The van der Waals surface area contributed by atoms with E-state index in [1.165, 1.54) is 11.8 Å². The largest absolute Gasteiger partial charge is 0.481 e. The van der Waals surface area contributed by atoms with Gasteiger partial charge in [0.25, 0.3) is 0 Å². The Bertz CT molecular complexity index is 518. The van der Waals surface area contributed by atoms with Crippen molar-refractivity contribution in [3.8, 4) is 0 Å². The summed E-state index contributed by atoms with van der Waals surface area (Å²) in [7, 11) is 0. The normalized spacial score (nSPS) is 14.7. The van der Waals surface area contributed by atoms with Gasteiger partial charge in [-0.25, -0.2) is 4.79 Å². The summed E-state index contributed by atoms with van der Waals surface area (Å²) in [4.78, 5) is 34.9. The van der Waals surface area contributed by atoms with E-state index >= 15 is 0 Å². The van der Waals surface area contributed by atoms with E-state index in [1.54, 1.807) is 24.3 Å². The van der Waals surface area contributed by atoms with Crippen molar-refractivity contribution in [2.24, 2.45) is 5.92 Å². The molecule has 1 aliphatic rings. The first-order valence-corrected chi connectivity index (χ1v) is 5.87. The number of carboxylic acids is 1. The van der Waals surface area contributed by atoms with Crippen molar-refractivity contribution in [2.75, 3.05) is 18.4 Å². The maximum absolute atomic E-state index is 11.7. The highest BCUT2D eigenvalue weighted by Gasteiger charge is 2.35. The van der Waals surface area contributed by atoms with Crippen molar-refractivity contribution in [1.82, 2.24) is 4.90 Å². The van der Waals surface area contributed by atoms with Crippen LogP contribution in [0.2, 0.25) is 0 Å². The van der Waals surface area contributed by atoms with Crippen LogP contribution in [0, 0.1) is 5.92 Å². The minimum atomic E-state index is -0.880. The molecule has 1 aromatic carbocycles. The zero-order valence-corrected chi connectivity index (χ0v) is 10.4. The van der Waals surface area contributed by atoms with Crippen molar-refractivity contribution in [3.05, 3.63) is 29.8 Å². The van der Waals surface area contributed by atoms with E-state index in [1.807, 2.05) is 0 Å². The van der Waals surface area contributed by atoms with E-state index in [9.17, 15) is 14.4 Å². The fourth-order valence-electron chi connectivity index (χ4n) is 1.79. The number of ketones is 1. The Kier molecular flexibility index (Phi) is 3.50. The summed E-state index contributed by atoms with van der Waals surface area (Å²) in [5.74, 6) is -1.38. The number of carbonyl (C=O) groups excluding carboxylic acids is 2. The Morgan fingerprint density at radius 3 is 2.26 bits per heavy atom. The highest BCUT2D eigenvalue weighted by molar-refractivity contribution is 5.95. The molecule has 0 atom stereocenters. The molecule has 1 aliphatic heterocycles. The second kappa shape index (κ2) is 5.09. The van der Waals surface area contributed by atoms with E-state index in [-0.39, 0.29) is 24.9 Å². The van der Waals surface area contributed by atoms with Gasteiger partial charge in [0.15, 0.2) is 5.78 Å². The molecule has 0 aromatic heterocycles. The predicted molar refractivity (Wildman–Crippen MR) is 68.2 cm³/mol. The Hall–Kier alpha value is -2.37. The quantitative estimate of drug-likeness (QED) is 0.807. The van der Waals surface area contributed by atoms with Crippen LogP contribution in [0.3, 0.4) is 0 Å². The minimum absolute atomic E-state index is 0.0371. The van der Waals surface area contributed by atoms with E-state index in [0.29, 0.717) is 11.3 Å². The van der Waals surface area contributed by atoms with E-state index < -0.39 is 11.9 Å². The molecule has 1 aromatic rings. The van der Waals surface area contributed by atoms with Crippen LogP contribution in [0.5, 0.6) is 0 Å². The summed E-state index contributed by atoms with van der Waals surface area (Å²) < 4.78 is 0. The zero-order chi connectivity index (χ0) is 14.0. The molecule has 2 rings (SSSR count). The van der Waals surface area contributed by atoms with Crippen LogP contribution < -0.4 is 5.32 Å². The van der Waals surface area contributed by atoms with Gasteiger partial charge in [0, 0.05) is 24.3 Å². The monoisotopic (exact) mass is 262 g/mol. The topological polar surface area (TPSA) is 86.7 Å². The SMILES string of the molecule is CC(=O)c1ccc(NC(=O)N2CC(C(=O)O)C2)cc1. The Labute approximate surface area is 110 Å². The maximum atomic E-state index is 11.7. The van der Waals surface area contributed by atoms with Gasteiger partial charge in [0.05, 0.1) is 5.92 Å². The molecule has 0 spiro atoms. The van der Waals surface area contributed by atoms with Gasteiger partial charge in [-0.1, -0.05) is 0 Å². The molecule has 1 saturated heterocycles. The van der Waals surface area contributed by atoms with Gasteiger partial charge in [0.1, 0.15) is 0 Å². The van der Waals surface area contributed by atoms with Crippen LogP contribution in [-0.2, 0) is 4.79 Å². The van der Waals surface area contributed by atoms with Crippen molar-refractivity contribution in [3.63, 3.8) is 0 Å². The number of nitrogens with one attached hydrogen (secondary N) is 1. The third-order valence-electron chi connectivity index (χ3n) is 3.06. The molecular weight excluding hydrogens is 248 g/mol. The van der Waals surface area contributed by atoms with Crippen molar-refractivity contribution in [1.29, 1.82) is 0 Å². The molecular formula is C13H14N2O4. The molecule has 1 fully saturated rings. The van der Waals surface area contributed by atoms with E-state index in [2.05, 4.69) is 5.32 Å². The molecule has 0 bridgehead atoms. The second-order valence-electron chi connectivity index (χ2n) is 4.50. The number of likely N-dealkylation sites (tertiary alicyclic amines) is 1. The lowest BCUT2D eigenvalue weighted by Gasteiger charge is -2.36. The molecule has 6 nitrogen and oxygen atoms in total. The summed E-state index contributed by atoms with van der Waals surface area (Å²) in [6, 6.07) is 6.22. The van der Waals surface area contributed by atoms with Gasteiger partial charge in [-0.3, -0.25) is 9.59 Å². The number of amides is 2. The number of anilines is 1. The number of rotatable bonds is 3. The molecule has 2 N–H and O–H groups in total. The van der Waals surface area contributed by atoms with E-state index in [4.69, 9.17) is 5.11 Å². The number of Topliss-reactive ketones (excluding diaryl/α,β-unsaturated/α-hetero) is 1. The van der Waals surface area contributed by atoms with Gasteiger partial charge in [0.2, 0.25) is 0 Å². The first-order valence-electron chi connectivity index (χ1n) is 5.87. The summed E-state index contributed by atoms with van der Waals surface area (Å²) in [5, 5.41) is 11.4. The van der Waals surface area contributed by atoms with Crippen molar-refractivity contribution < 1.29 is 19.5 Å². The fraction of sp³-hybridized carbons (Fsp3) is 0.308. The van der Waals surface area contributed by atoms with Crippen molar-refractivity contribution in [2.45, 2.75) is 6.92 Å². The Balaban J connectivity index is 1.89. The minimum Gasteiger partial charge on any atom is -0.481 e. The molecule has 0 unspecified atom stereocenters. The van der Waals surface area contributed by atoms with Crippen LogP contribution in [0.15, 0.2) is 24.3 Å². The molecule has 0 radical (unpaired) electrons. The Morgan fingerprint density at radius 2 is 1.79 bits per heavy atom. The summed E-state index contributed by atoms with van der Waals surface area (Å²) in [6.07, 6.45) is 0. The summed E-state index contributed by atoms with van der Waals surface area (Å²) in [5.41, 5.74) is 1.15. The van der Waals surface area contributed by atoms with Gasteiger partial charge in [-0.05, 0) is 31.2 Å². The highest BCUT2D eigenvalue weighted by atomic mass is 16.4. The average Bonchev–Trinajstić information content (AvgIpc) is 2.26. The number of hydrogen-bond donors (Lipinski definition) is 2. The number of hydrogen-bond acceptors (Lipinski definition) is 3. The maximum Gasteiger partial charge on any atom is 0.321 e. The molecule has 2 amide bonds. The molecule has 100 valence electrons. The number of aliphatic carboxylic acids is 1. The smallest absolute Gasteiger partial charge is 0.321 e. The molecule has 0 saturated carbocycles. The van der Waals surface area contributed by atoms with Crippen LogP contribution in [0.1, 0.15) is 17.3 Å². The summed E-state index contributed by atoms with van der Waals surface area (Å²) >= 11 is 0. The highest BCUT2D eigenvalue weighted by Crippen LogP contribution is 2.18.